The summed E-state index contributed by atoms with van der Waals surface area (Å²) in [6, 6.07) is 0.214. The largest absolute Gasteiger partial charge is 0.431 e. The Labute approximate surface area is 251 Å². The van der Waals surface area contributed by atoms with Gasteiger partial charge in [-0.1, -0.05) is 44.8 Å². The van der Waals surface area contributed by atoms with Crippen molar-refractivity contribution in [2.75, 3.05) is 6.61 Å². The first-order chi connectivity index (χ1) is 20.4. The number of benzene rings is 1. The smallest absolute Gasteiger partial charge is 0.422 e. The zero-order valence-corrected chi connectivity index (χ0v) is 25.3. The molecule has 1 aromatic rings. The molecule has 4 rings (SSSR count). The van der Waals surface area contributed by atoms with Gasteiger partial charge < -0.3 is 9.47 Å². The summed E-state index contributed by atoms with van der Waals surface area (Å²) in [5.74, 6) is -1.52. The van der Waals surface area contributed by atoms with E-state index in [2.05, 4.69) is 23.8 Å². The van der Waals surface area contributed by atoms with Gasteiger partial charge in [-0.3, -0.25) is 0 Å². The van der Waals surface area contributed by atoms with Crippen LogP contribution in [0.5, 0.6) is 5.75 Å². The number of unbranched alkanes of at least 4 members (excludes halogenated alkanes) is 2. The molecule has 0 N–H and O–H groups in total. The Hall–Kier alpha value is -1.77. The first-order valence-electron chi connectivity index (χ1n) is 16.4. The second kappa shape index (κ2) is 15.5. The van der Waals surface area contributed by atoms with Gasteiger partial charge in [0.1, 0.15) is 22.9 Å². The van der Waals surface area contributed by atoms with E-state index in [4.69, 9.17) is 4.74 Å². The number of rotatable bonds is 12. The molecule has 0 heterocycles. The normalized spacial score (nSPS) is 29.2. The zero-order valence-electron chi connectivity index (χ0n) is 25.3. The lowest BCUT2D eigenvalue weighted by Crippen LogP contribution is -2.35. The summed E-state index contributed by atoms with van der Waals surface area (Å²) in [5, 5.41) is 0. The minimum absolute atomic E-state index is 0.107. The zero-order chi connectivity index (χ0) is 31.0. The molecule has 0 aliphatic heterocycles. The maximum absolute atomic E-state index is 14.3. The predicted molar refractivity (Wildman–Crippen MR) is 153 cm³/mol. The standard InChI is InChI=1S/C34H47F7O2/c1-2-3-4-5-23-6-8-24(9-7-23)10-11-25-12-14-26(15-13-25)27-16-18-28(19-17-27)42-22-33(37,38)43-29-20-30(35)32(31(36)21-29)34(39,40)41/h10-11,20-21,23-28H,2-9,12-19,22H2,1H3. The summed E-state index contributed by atoms with van der Waals surface area (Å²) in [6.07, 6.45) is 14.1. The molecule has 3 aliphatic rings. The van der Waals surface area contributed by atoms with Crippen LogP contribution < -0.4 is 4.74 Å². The topological polar surface area (TPSA) is 18.5 Å². The summed E-state index contributed by atoms with van der Waals surface area (Å²) < 4.78 is 104. The summed E-state index contributed by atoms with van der Waals surface area (Å²) >= 11 is 0. The van der Waals surface area contributed by atoms with Crippen molar-refractivity contribution < 1.29 is 40.2 Å². The maximum atomic E-state index is 14.3. The third-order valence-corrected chi connectivity index (χ3v) is 10.0. The number of allylic oxidation sites excluding steroid dienone is 2. The molecule has 9 heteroatoms. The average molecular weight is 621 g/mol. The van der Waals surface area contributed by atoms with Crippen LogP contribution in [0.4, 0.5) is 30.7 Å². The van der Waals surface area contributed by atoms with Gasteiger partial charge in [0.15, 0.2) is 6.61 Å². The van der Waals surface area contributed by atoms with Gasteiger partial charge in [0.25, 0.3) is 0 Å². The molecular weight excluding hydrogens is 573 g/mol. The number of alkyl halides is 5. The number of halogens is 7. The van der Waals surface area contributed by atoms with Gasteiger partial charge in [-0.25, -0.2) is 8.78 Å². The average Bonchev–Trinajstić information content (AvgIpc) is 2.95. The van der Waals surface area contributed by atoms with Crippen molar-refractivity contribution in [3.8, 4) is 5.75 Å². The fourth-order valence-electron chi connectivity index (χ4n) is 7.50. The minimum Gasteiger partial charge on any atom is -0.431 e. The molecule has 0 unspecified atom stereocenters. The van der Waals surface area contributed by atoms with E-state index in [0.29, 0.717) is 30.6 Å². The highest BCUT2D eigenvalue weighted by Crippen LogP contribution is 2.42. The fraction of sp³-hybridized carbons (Fsp3) is 0.765. The second-order valence-corrected chi connectivity index (χ2v) is 13.2. The summed E-state index contributed by atoms with van der Waals surface area (Å²) in [5.41, 5.74) is -2.15. The van der Waals surface area contributed by atoms with Crippen LogP contribution in [-0.2, 0) is 10.9 Å². The Bertz CT molecular complexity index is 993. The lowest BCUT2D eigenvalue weighted by molar-refractivity contribution is -0.222. The van der Waals surface area contributed by atoms with Crippen molar-refractivity contribution in [2.45, 2.75) is 128 Å². The van der Waals surface area contributed by atoms with Gasteiger partial charge in [0.2, 0.25) is 0 Å². The van der Waals surface area contributed by atoms with Crippen molar-refractivity contribution in [2.24, 2.45) is 29.6 Å². The van der Waals surface area contributed by atoms with Crippen LogP contribution in [0.1, 0.15) is 115 Å². The Kier molecular flexibility index (Phi) is 12.3. The van der Waals surface area contributed by atoms with Crippen molar-refractivity contribution in [3.63, 3.8) is 0 Å². The molecule has 1 aromatic carbocycles. The van der Waals surface area contributed by atoms with Crippen LogP contribution in [0.3, 0.4) is 0 Å². The number of ether oxygens (including phenoxy) is 2. The third kappa shape index (κ3) is 10.4. The van der Waals surface area contributed by atoms with E-state index in [0.717, 1.165) is 24.7 Å². The van der Waals surface area contributed by atoms with Gasteiger partial charge in [-0.15, -0.1) is 0 Å². The van der Waals surface area contributed by atoms with Gasteiger partial charge in [-0.2, -0.15) is 22.0 Å². The van der Waals surface area contributed by atoms with Gasteiger partial charge in [-0.05, 0) is 107 Å². The highest BCUT2D eigenvalue weighted by Gasteiger charge is 2.40. The van der Waals surface area contributed by atoms with E-state index in [-0.39, 0.29) is 18.2 Å². The van der Waals surface area contributed by atoms with Crippen LogP contribution in [0, 0.1) is 41.2 Å². The first-order valence-corrected chi connectivity index (χ1v) is 16.4. The minimum atomic E-state index is -5.29. The molecule has 0 aromatic heterocycles. The Morgan fingerprint density at radius 1 is 0.721 bits per heavy atom. The molecule has 0 atom stereocenters. The van der Waals surface area contributed by atoms with Gasteiger partial charge >= 0.3 is 12.3 Å². The molecule has 0 spiro atoms. The molecule has 0 saturated heterocycles. The Morgan fingerprint density at radius 3 is 1.74 bits per heavy atom. The highest BCUT2D eigenvalue weighted by atomic mass is 19.4. The monoisotopic (exact) mass is 620 g/mol. The van der Waals surface area contributed by atoms with E-state index >= 15 is 0 Å². The van der Waals surface area contributed by atoms with Crippen LogP contribution >= 0.6 is 0 Å². The molecule has 244 valence electrons. The van der Waals surface area contributed by atoms with E-state index < -0.39 is 41.8 Å². The molecule has 0 amide bonds. The van der Waals surface area contributed by atoms with E-state index in [9.17, 15) is 30.7 Å². The van der Waals surface area contributed by atoms with Crippen molar-refractivity contribution in [1.29, 1.82) is 0 Å². The molecule has 2 nitrogen and oxygen atoms in total. The van der Waals surface area contributed by atoms with E-state index in [1.54, 1.807) is 0 Å². The van der Waals surface area contributed by atoms with Crippen LogP contribution in [0.15, 0.2) is 24.3 Å². The molecule has 43 heavy (non-hydrogen) atoms. The van der Waals surface area contributed by atoms with Gasteiger partial charge in [0, 0.05) is 12.1 Å². The number of hydrogen-bond donors (Lipinski definition) is 0. The van der Waals surface area contributed by atoms with Crippen molar-refractivity contribution >= 4 is 0 Å². The molecule has 3 saturated carbocycles. The van der Waals surface area contributed by atoms with Crippen LogP contribution in [0.2, 0.25) is 0 Å². The third-order valence-electron chi connectivity index (χ3n) is 10.0. The first kappa shape index (κ1) is 34.1. The van der Waals surface area contributed by atoms with Crippen LogP contribution in [-0.4, -0.2) is 18.8 Å². The van der Waals surface area contributed by atoms with Crippen molar-refractivity contribution in [1.82, 2.24) is 0 Å². The summed E-state index contributed by atoms with van der Waals surface area (Å²) in [7, 11) is 0. The van der Waals surface area contributed by atoms with Gasteiger partial charge in [0.05, 0.1) is 6.10 Å². The Morgan fingerprint density at radius 2 is 1.23 bits per heavy atom. The molecule has 3 fully saturated rings. The van der Waals surface area contributed by atoms with Crippen LogP contribution in [0.25, 0.3) is 0 Å². The quantitative estimate of drug-likeness (QED) is 0.131. The Balaban J connectivity index is 1.12. The second-order valence-electron chi connectivity index (χ2n) is 13.2. The number of hydrogen-bond acceptors (Lipinski definition) is 2. The van der Waals surface area contributed by atoms with E-state index in [1.165, 1.54) is 77.0 Å². The maximum Gasteiger partial charge on any atom is 0.422 e. The molecule has 3 aliphatic carbocycles. The SMILES string of the molecule is CCCCCC1CCC(C=CC2CCC(C3CCC(OCC(F)(F)Oc4cc(F)c(C(F)(F)F)c(F)c4)CC3)CC2)CC1. The molecular formula is C34H47F7O2. The molecule has 0 radical (unpaired) electrons. The van der Waals surface area contributed by atoms with Crippen molar-refractivity contribution in [3.05, 3.63) is 41.5 Å². The fourth-order valence-corrected chi connectivity index (χ4v) is 7.50. The highest BCUT2D eigenvalue weighted by molar-refractivity contribution is 5.32. The summed E-state index contributed by atoms with van der Waals surface area (Å²) in [4.78, 5) is 0. The predicted octanol–water partition coefficient (Wildman–Crippen LogP) is 11.3. The molecule has 0 bridgehead atoms. The summed E-state index contributed by atoms with van der Waals surface area (Å²) in [6.45, 7) is 1.11. The lowest BCUT2D eigenvalue weighted by Gasteiger charge is -2.37. The van der Waals surface area contributed by atoms with E-state index in [1.807, 2.05) is 0 Å². The lowest BCUT2D eigenvalue weighted by atomic mass is 9.70.